The summed E-state index contributed by atoms with van der Waals surface area (Å²) in [5.41, 5.74) is 1.15. The molecule has 2 aromatic rings. The van der Waals surface area contributed by atoms with Crippen LogP contribution in [0.4, 0.5) is 0 Å². The predicted octanol–water partition coefficient (Wildman–Crippen LogP) is 3.86. The fourth-order valence-corrected chi connectivity index (χ4v) is 3.44. The van der Waals surface area contributed by atoms with Crippen molar-refractivity contribution in [2.24, 2.45) is 11.8 Å². The summed E-state index contributed by atoms with van der Waals surface area (Å²) in [7, 11) is 0. The maximum atomic E-state index is 4.77. The highest BCUT2D eigenvalue weighted by Crippen LogP contribution is 2.26. The zero-order valence-electron chi connectivity index (χ0n) is 11.7. The molecule has 1 aromatic carbocycles. The van der Waals surface area contributed by atoms with E-state index in [2.05, 4.69) is 43.4 Å². The van der Waals surface area contributed by atoms with Crippen molar-refractivity contribution in [2.45, 2.75) is 39.2 Å². The van der Waals surface area contributed by atoms with E-state index < -0.39 is 0 Å². The van der Waals surface area contributed by atoms with E-state index in [-0.39, 0.29) is 0 Å². The molecular formula is C16H22N2S. The highest BCUT2D eigenvalue weighted by molar-refractivity contribution is 7.18. The number of nitrogens with zero attached hydrogens (tertiary/aromatic N) is 1. The van der Waals surface area contributed by atoms with Crippen molar-refractivity contribution in [3.05, 3.63) is 29.3 Å². The number of benzene rings is 1. The zero-order valence-corrected chi connectivity index (χ0v) is 12.5. The molecule has 0 aliphatic heterocycles. The second-order valence-corrected chi connectivity index (χ2v) is 7.08. The highest BCUT2D eigenvalue weighted by atomic mass is 32.1. The molecule has 0 amide bonds. The molecular weight excluding hydrogens is 252 g/mol. The number of rotatable bonds is 6. The lowest BCUT2D eigenvalue weighted by molar-refractivity contribution is 0.359. The smallest absolute Gasteiger partial charge is 0.0941 e. The fourth-order valence-electron chi connectivity index (χ4n) is 2.38. The Bertz CT molecular complexity index is 509. The van der Waals surface area contributed by atoms with Gasteiger partial charge in [0.05, 0.1) is 15.2 Å². The normalized spacial score (nSPS) is 17.2. The number of nitrogens with one attached hydrogen (secondary N) is 1. The van der Waals surface area contributed by atoms with Crippen molar-refractivity contribution < 1.29 is 0 Å². The molecule has 2 nitrogen and oxygen atoms in total. The quantitative estimate of drug-likeness (QED) is 0.865. The topological polar surface area (TPSA) is 24.9 Å². The molecule has 19 heavy (non-hydrogen) atoms. The average Bonchev–Trinajstić information content (AvgIpc) is 3.12. The third-order valence-corrected chi connectivity index (χ3v) is 5.02. The van der Waals surface area contributed by atoms with E-state index in [1.165, 1.54) is 22.5 Å². The molecule has 1 aromatic heterocycles. The summed E-state index contributed by atoms with van der Waals surface area (Å²) < 4.78 is 1.31. The highest BCUT2D eigenvalue weighted by Gasteiger charge is 2.23. The standard InChI is InChI=1S/C16H22N2S/c1-11(2)12(10-17-13-7-8-13)9-16-18-14-5-3-4-6-15(14)19-16/h3-6,11-13,17H,7-10H2,1-2H3. The minimum atomic E-state index is 0.696. The van der Waals surface area contributed by atoms with Crippen molar-refractivity contribution >= 4 is 21.6 Å². The molecule has 102 valence electrons. The van der Waals surface area contributed by atoms with Crippen LogP contribution in [0.5, 0.6) is 0 Å². The van der Waals surface area contributed by atoms with Gasteiger partial charge in [-0.15, -0.1) is 11.3 Å². The van der Waals surface area contributed by atoms with Gasteiger partial charge < -0.3 is 5.32 Å². The maximum absolute atomic E-state index is 4.77. The van der Waals surface area contributed by atoms with Gasteiger partial charge in [-0.1, -0.05) is 26.0 Å². The number of hydrogen-bond donors (Lipinski definition) is 1. The van der Waals surface area contributed by atoms with E-state index in [0.29, 0.717) is 11.8 Å². The van der Waals surface area contributed by atoms with Crippen LogP contribution in [0.25, 0.3) is 10.2 Å². The lowest BCUT2D eigenvalue weighted by atomic mass is 9.92. The van der Waals surface area contributed by atoms with Crippen molar-refractivity contribution in [3.63, 3.8) is 0 Å². The molecule has 1 aliphatic carbocycles. The Labute approximate surface area is 119 Å². The van der Waals surface area contributed by atoms with Crippen LogP contribution in [-0.4, -0.2) is 17.6 Å². The summed E-state index contributed by atoms with van der Waals surface area (Å²) in [6.07, 6.45) is 3.84. The van der Waals surface area contributed by atoms with Gasteiger partial charge >= 0.3 is 0 Å². The van der Waals surface area contributed by atoms with E-state index in [9.17, 15) is 0 Å². The lowest BCUT2D eigenvalue weighted by Crippen LogP contribution is -2.29. The van der Waals surface area contributed by atoms with Gasteiger partial charge in [0.1, 0.15) is 0 Å². The number of hydrogen-bond acceptors (Lipinski definition) is 3. The van der Waals surface area contributed by atoms with Crippen molar-refractivity contribution in [3.8, 4) is 0 Å². The Morgan fingerprint density at radius 1 is 1.32 bits per heavy atom. The SMILES string of the molecule is CC(C)C(CNC1CC1)Cc1nc2ccccc2s1. The minimum absolute atomic E-state index is 0.696. The molecule has 3 heteroatoms. The Morgan fingerprint density at radius 2 is 2.11 bits per heavy atom. The Balaban J connectivity index is 1.68. The first-order chi connectivity index (χ1) is 9.22. The molecule has 0 bridgehead atoms. The summed E-state index contributed by atoms with van der Waals surface area (Å²) in [5.74, 6) is 1.40. The largest absolute Gasteiger partial charge is 0.314 e. The molecule has 3 rings (SSSR count). The van der Waals surface area contributed by atoms with Gasteiger partial charge in [0, 0.05) is 12.5 Å². The first-order valence-electron chi connectivity index (χ1n) is 7.30. The van der Waals surface area contributed by atoms with Crippen LogP contribution in [0.2, 0.25) is 0 Å². The second kappa shape index (κ2) is 5.59. The van der Waals surface area contributed by atoms with Gasteiger partial charge in [-0.3, -0.25) is 0 Å². The van der Waals surface area contributed by atoms with Crippen LogP contribution in [0, 0.1) is 11.8 Å². The first kappa shape index (κ1) is 13.1. The van der Waals surface area contributed by atoms with Gasteiger partial charge in [-0.25, -0.2) is 4.98 Å². The molecule has 0 saturated heterocycles. The summed E-state index contributed by atoms with van der Waals surface area (Å²) in [5, 5.41) is 4.96. The molecule has 1 heterocycles. The zero-order chi connectivity index (χ0) is 13.2. The van der Waals surface area contributed by atoms with Crippen LogP contribution >= 0.6 is 11.3 Å². The van der Waals surface area contributed by atoms with Crippen molar-refractivity contribution in [2.75, 3.05) is 6.54 Å². The van der Waals surface area contributed by atoms with E-state index >= 15 is 0 Å². The van der Waals surface area contributed by atoms with Crippen LogP contribution in [-0.2, 0) is 6.42 Å². The molecule has 0 radical (unpaired) electrons. The number of thiazole rings is 1. The fraction of sp³-hybridized carbons (Fsp3) is 0.562. The monoisotopic (exact) mass is 274 g/mol. The second-order valence-electron chi connectivity index (χ2n) is 5.97. The van der Waals surface area contributed by atoms with Gasteiger partial charge in [0.15, 0.2) is 0 Å². The van der Waals surface area contributed by atoms with Gasteiger partial charge in [0.25, 0.3) is 0 Å². The number of para-hydroxylation sites is 1. The van der Waals surface area contributed by atoms with E-state index in [4.69, 9.17) is 4.98 Å². The van der Waals surface area contributed by atoms with Crippen molar-refractivity contribution in [1.82, 2.24) is 10.3 Å². The van der Waals surface area contributed by atoms with Crippen LogP contribution < -0.4 is 5.32 Å². The van der Waals surface area contributed by atoms with Crippen LogP contribution in [0.1, 0.15) is 31.7 Å². The number of aromatic nitrogens is 1. The predicted molar refractivity (Wildman–Crippen MR) is 82.7 cm³/mol. The minimum Gasteiger partial charge on any atom is -0.314 e. The third kappa shape index (κ3) is 3.34. The molecule has 1 N–H and O–H groups in total. The molecule has 1 atom stereocenters. The summed E-state index contributed by atoms with van der Waals surface area (Å²) in [6, 6.07) is 9.25. The Hall–Kier alpha value is -0.930. The third-order valence-electron chi connectivity index (χ3n) is 3.96. The summed E-state index contributed by atoms with van der Waals surface area (Å²) in [4.78, 5) is 4.77. The van der Waals surface area contributed by atoms with E-state index in [1.54, 1.807) is 0 Å². The molecule has 0 spiro atoms. The van der Waals surface area contributed by atoms with E-state index in [1.807, 2.05) is 11.3 Å². The first-order valence-corrected chi connectivity index (χ1v) is 8.12. The van der Waals surface area contributed by atoms with Crippen molar-refractivity contribution in [1.29, 1.82) is 0 Å². The maximum Gasteiger partial charge on any atom is 0.0941 e. The van der Waals surface area contributed by atoms with E-state index in [0.717, 1.165) is 24.5 Å². The van der Waals surface area contributed by atoms with Gasteiger partial charge in [-0.2, -0.15) is 0 Å². The van der Waals surface area contributed by atoms with Gasteiger partial charge in [-0.05, 0) is 43.4 Å². The van der Waals surface area contributed by atoms with Gasteiger partial charge in [0.2, 0.25) is 0 Å². The lowest BCUT2D eigenvalue weighted by Gasteiger charge is -2.20. The average molecular weight is 274 g/mol. The molecule has 1 aliphatic rings. The van der Waals surface area contributed by atoms with Crippen LogP contribution in [0.15, 0.2) is 24.3 Å². The van der Waals surface area contributed by atoms with Crippen LogP contribution in [0.3, 0.4) is 0 Å². The molecule has 1 fully saturated rings. The number of fused-ring (bicyclic) bond motifs is 1. The molecule has 1 unspecified atom stereocenters. The Morgan fingerprint density at radius 3 is 2.79 bits per heavy atom. The Kier molecular flexibility index (Phi) is 3.85. The summed E-state index contributed by atoms with van der Waals surface area (Å²) >= 11 is 1.85. The molecule has 1 saturated carbocycles. The summed E-state index contributed by atoms with van der Waals surface area (Å²) in [6.45, 7) is 5.79.